The van der Waals surface area contributed by atoms with Crippen molar-refractivity contribution in [3.63, 3.8) is 0 Å². The normalized spacial score (nSPS) is 11.7. The fourth-order valence-corrected chi connectivity index (χ4v) is 0.785. The number of rotatable bonds is 2. The molecule has 0 aliphatic rings. The lowest BCUT2D eigenvalue weighted by Gasteiger charge is -2.08. The van der Waals surface area contributed by atoms with Crippen molar-refractivity contribution in [2.75, 3.05) is 5.73 Å². The molecule has 1 aromatic carbocycles. The van der Waals surface area contributed by atoms with Crippen LogP contribution in [0.1, 0.15) is 6.92 Å². The molecule has 0 amide bonds. The first-order valence-electron chi connectivity index (χ1n) is 3.70. The van der Waals surface area contributed by atoms with Crippen LogP contribution in [0.25, 0.3) is 0 Å². The predicted molar refractivity (Wildman–Crippen MR) is 49.8 cm³/mol. The molecule has 0 spiro atoms. The number of benzene rings is 1. The molecular formula is C10H11NO. The maximum Gasteiger partial charge on any atom is 0.156 e. The Bertz CT molecular complexity index is 284. The molecule has 1 rings (SSSR count). The van der Waals surface area contributed by atoms with Gasteiger partial charge in [0.05, 0.1) is 0 Å². The molecule has 12 heavy (non-hydrogen) atoms. The molecule has 0 fully saturated rings. The second kappa shape index (κ2) is 3.68. The Morgan fingerprint density at radius 1 is 1.42 bits per heavy atom. The van der Waals surface area contributed by atoms with Crippen molar-refractivity contribution >= 4 is 5.69 Å². The summed E-state index contributed by atoms with van der Waals surface area (Å²) in [6.45, 7) is 1.82. The van der Waals surface area contributed by atoms with Crippen LogP contribution in [0.4, 0.5) is 5.69 Å². The third-order valence-electron chi connectivity index (χ3n) is 1.43. The van der Waals surface area contributed by atoms with Crippen LogP contribution in [-0.4, -0.2) is 6.10 Å². The number of ether oxygens (including phenoxy) is 1. The van der Waals surface area contributed by atoms with E-state index >= 15 is 0 Å². The lowest BCUT2D eigenvalue weighted by Crippen LogP contribution is -2.07. The summed E-state index contributed by atoms with van der Waals surface area (Å²) in [5.41, 5.74) is 6.21. The first-order valence-corrected chi connectivity index (χ1v) is 3.70. The Balaban J connectivity index is 2.66. The minimum atomic E-state index is -0.200. The van der Waals surface area contributed by atoms with Crippen LogP contribution in [0.2, 0.25) is 0 Å². The van der Waals surface area contributed by atoms with Crippen LogP contribution in [-0.2, 0) is 0 Å². The fourth-order valence-electron chi connectivity index (χ4n) is 0.785. The van der Waals surface area contributed by atoms with E-state index in [4.69, 9.17) is 16.9 Å². The Kier molecular flexibility index (Phi) is 2.60. The molecule has 0 heterocycles. The van der Waals surface area contributed by atoms with Gasteiger partial charge in [0, 0.05) is 5.69 Å². The average Bonchev–Trinajstić information content (AvgIpc) is 2.09. The smallest absolute Gasteiger partial charge is 0.156 e. The lowest BCUT2D eigenvalue weighted by molar-refractivity contribution is 0.279. The summed E-state index contributed by atoms with van der Waals surface area (Å²) in [6, 6.07) is 7.14. The van der Waals surface area contributed by atoms with E-state index in [0.29, 0.717) is 0 Å². The first kappa shape index (κ1) is 8.48. The van der Waals surface area contributed by atoms with Gasteiger partial charge in [0.15, 0.2) is 6.10 Å². The van der Waals surface area contributed by atoms with Crippen LogP contribution >= 0.6 is 0 Å². The zero-order valence-electron chi connectivity index (χ0n) is 6.95. The summed E-state index contributed by atoms with van der Waals surface area (Å²) >= 11 is 0. The number of terminal acetylenes is 1. The topological polar surface area (TPSA) is 35.2 Å². The van der Waals surface area contributed by atoms with Crippen molar-refractivity contribution in [3.8, 4) is 18.1 Å². The molecule has 1 unspecified atom stereocenters. The summed E-state index contributed by atoms with van der Waals surface area (Å²) in [4.78, 5) is 0. The molecule has 0 radical (unpaired) electrons. The number of hydrogen-bond acceptors (Lipinski definition) is 2. The van der Waals surface area contributed by atoms with Crippen molar-refractivity contribution in [1.82, 2.24) is 0 Å². The molecule has 62 valence electrons. The number of nitrogens with two attached hydrogens (primary N) is 1. The van der Waals surface area contributed by atoms with Gasteiger partial charge >= 0.3 is 0 Å². The van der Waals surface area contributed by atoms with E-state index in [1.807, 2.05) is 6.92 Å². The van der Waals surface area contributed by atoms with E-state index in [1.165, 1.54) is 0 Å². The Morgan fingerprint density at radius 3 is 2.50 bits per heavy atom. The van der Waals surface area contributed by atoms with Gasteiger partial charge in [0.25, 0.3) is 0 Å². The lowest BCUT2D eigenvalue weighted by atomic mass is 10.3. The predicted octanol–water partition coefficient (Wildman–Crippen LogP) is 1.67. The average molecular weight is 161 g/mol. The second-order valence-electron chi connectivity index (χ2n) is 2.50. The van der Waals surface area contributed by atoms with E-state index in [0.717, 1.165) is 11.4 Å². The number of nitrogen functional groups attached to an aromatic ring is 1. The largest absolute Gasteiger partial charge is 0.478 e. The van der Waals surface area contributed by atoms with E-state index < -0.39 is 0 Å². The third-order valence-corrected chi connectivity index (χ3v) is 1.43. The summed E-state index contributed by atoms with van der Waals surface area (Å²) in [6.07, 6.45) is 4.95. The van der Waals surface area contributed by atoms with Crippen molar-refractivity contribution in [3.05, 3.63) is 24.3 Å². The number of anilines is 1. The second-order valence-corrected chi connectivity index (χ2v) is 2.50. The molecule has 2 nitrogen and oxygen atoms in total. The zero-order valence-corrected chi connectivity index (χ0v) is 6.95. The molecular weight excluding hydrogens is 150 g/mol. The van der Waals surface area contributed by atoms with Crippen LogP contribution in [0, 0.1) is 12.3 Å². The van der Waals surface area contributed by atoms with E-state index in [9.17, 15) is 0 Å². The highest BCUT2D eigenvalue weighted by Crippen LogP contribution is 2.14. The Morgan fingerprint density at radius 2 is 2.00 bits per heavy atom. The monoisotopic (exact) mass is 161 g/mol. The SMILES string of the molecule is C#CC(C)Oc1ccc(N)cc1. The zero-order chi connectivity index (χ0) is 8.97. The standard InChI is InChI=1S/C10H11NO/c1-3-8(2)12-10-6-4-9(11)5-7-10/h1,4-8H,11H2,2H3. The molecule has 0 saturated carbocycles. The highest BCUT2D eigenvalue weighted by Gasteiger charge is 1.97. The maximum atomic E-state index is 5.49. The molecule has 2 N–H and O–H groups in total. The molecule has 0 bridgehead atoms. The molecule has 1 aromatic rings. The highest BCUT2D eigenvalue weighted by molar-refractivity contribution is 5.41. The van der Waals surface area contributed by atoms with Gasteiger partial charge < -0.3 is 10.5 Å². The highest BCUT2D eigenvalue weighted by atomic mass is 16.5. The van der Waals surface area contributed by atoms with Gasteiger partial charge in [-0.1, -0.05) is 5.92 Å². The summed E-state index contributed by atoms with van der Waals surface area (Å²) in [7, 11) is 0. The van der Waals surface area contributed by atoms with Gasteiger partial charge in [0.2, 0.25) is 0 Å². The minimum absolute atomic E-state index is 0.200. The van der Waals surface area contributed by atoms with Gasteiger partial charge in [-0.3, -0.25) is 0 Å². The van der Waals surface area contributed by atoms with Crippen LogP contribution < -0.4 is 10.5 Å². The van der Waals surface area contributed by atoms with Gasteiger partial charge in [-0.05, 0) is 31.2 Å². The molecule has 0 aliphatic heterocycles. The molecule has 2 heteroatoms. The number of hydrogen-bond donors (Lipinski definition) is 1. The molecule has 0 aliphatic carbocycles. The van der Waals surface area contributed by atoms with Gasteiger partial charge in [-0.25, -0.2) is 0 Å². The van der Waals surface area contributed by atoms with Crippen molar-refractivity contribution in [2.24, 2.45) is 0 Å². The van der Waals surface area contributed by atoms with Gasteiger partial charge in [-0.2, -0.15) is 0 Å². The summed E-state index contributed by atoms with van der Waals surface area (Å²) < 4.78 is 5.33. The van der Waals surface area contributed by atoms with Gasteiger partial charge in [0.1, 0.15) is 5.75 Å². The Hall–Kier alpha value is -1.62. The first-order chi connectivity index (χ1) is 5.72. The molecule has 1 atom stereocenters. The van der Waals surface area contributed by atoms with Crippen molar-refractivity contribution in [1.29, 1.82) is 0 Å². The van der Waals surface area contributed by atoms with Crippen LogP contribution in [0.15, 0.2) is 24.3 Å². The van der Waals surface area contributed by atoms with Crippen molar-refractivity contribution < 1.29 is 4.74 Å². The van der Waals surface area contributed by atoms with Crippen LogP contribution in [0.3, 0.4) is 0 Å². The van der Waals surface area contributed by atoms with E-state index in [-0.39, 0.29) is 6.10 Å². The summed E-state index contributed by atoms with van der Waals surface area (Å²) in [5, 5.41) is 0. The van der Waals surface area contributed by atoms with E-state index in [1.54, 1.807) is 24.3 Å². The van der Waals surface area contributed by atoms with E-state index in [2.05, 4.69) is 5.92 Å². The summed E-state index contributed by atoms with van der Waals surface area (Å²) in [5.74, 6) is 3.22. The minimum Gasteiger partial charge on any atom is -0.478 e. The maximum absolute atomic E-state index is 5.49. The quantitative estimate of drug-likeness (QED) is 0.529. The van der Waals surface area contributed by atoms with Gasteiger partial charge in [-0.15, -0.1) is 6.42 Å². The Labute approximate surface area is 72.3 Å². The third kappa shape index (κ3) is 2.21. The molecule has 0 saturated heterocycles. The molecule has 0 aromatic heterocycles. The van der Waals surface area contributed by atoms with Crippen molar-refractivity contribution in [2.45, 2.75) is 13.0 Å². The van der Waals surface area contributed by atoms with Crippen LogP contribution in [0.5, 0.6) is 5.75 Å². The fraction of sp³-hybridized carbons (Fsp3) is 0.200.